The van der Waals surface area contributed by atoms with Gasteiger partial charge in [0.15, 0.2) is 22.5 Å². The number of aromatic nitrogens is 3. The fourth-order valence-electron chi connectivity index (χ4n) is 3.86. The SMILES string of the molecule is CCN(Cc1ccc(OC)c(F)c1)C(=O)CSc1nnc(CN2CCCCCC2=O)n1CC. The van der Waals surface area contributed by atoms with E-state index >= 15 is 0 Å². The summed E-state index contributed by atoms with van der Waals surface area (Å²) in [6.45, 7) is 6.57. The van der Waals surface area contributed by atoms with Crippen molar-refractivity contribution in [3.8, 4) is 5.75 Å². The Morgan fingerprint density at radius 1 is 1.24 bits per heavy atom. The highest BCUT2D eigenvalue weighted by Crippen LogP contribution is 2.22. The first-order valence-electron chi connectivity index (χ1n) is 11.4. The van der Waals surface area contributed by atoms with Crippen molar-refractivity contribution < 1.29 is 18.7 Å². The Balaban J connectivity index is 1.61. The first-order valence-corrected chi connectivity index (χ1v) is 12.4. The van der Waals surface area contributed by atoms with Crippen LogP contribution in [0.4, 0.5) is 4.39 Å². The second-order valence-electron chi connectivity index (χ2n) is 7.93. The van der Waals surface area contributed by atoms with Gasteiger partial charge in [0, 0.05) is 32.6 Å². The molecule has 1 aliphatic heterocycles. The van der Waals surface area contributed by atoms with E-state index in [1.807, 2.05) is 23.3 Å². The van der Waals surface area contributed by atoms with Crippen molar-refractivity contribution in [1.82, 2.24) is 24.6 Å². The molecule has 1 aliphatic rings. The maximum atomic E-state index is 14.0. The van der Waals surface area contributed by atoms with E-state index in [0.717, 1.165) is 31.6 Å². The summed E-state index contributed by atoms with van der Waals surface area (Å²) in [7, 11) is 1.42. The molecule has 3 rings (SSSR count). The summed E-state index contributed by atoms with van der Waals surface area (Å²) in [5.41, 5.74) is 0.703. The molecule has 2 aromatic rings. The average molecular weight is 478 g/mol. The van der Waals surface area contributed by atoms with Crippen LogP contribution in [0.2, 0.25) is 0 Å². The van der Waals surface area contributed by atoms with Gasteiger partial charge >= 0.3 is 0 Å². The summed E-state index contributed by atoms with van der Waals surface area (Å²) in [4.78, 5) is 28.7. The fraction of sp³-hybridized carbons (Fsp3) is 0.565. The standard InChI is InChI=1S/C23H32FN5O3S/c1-4-27(14-17-10-11-19(32-3)18(24)13-17)22(31)16-33-23-26-25-20(29(23)5-2)15-28-12-8-6-7-9-21(28)30/h10-11,13H,4-9,12,14-16H2,1-3H3. The van der Waals surface area contributed by atoms with Crippen LogP contribution in [0, 0.1) is 5.82 Å². The number of rotatable bonds is 10. The molecule has 1 aromatic heterocycles. The Morgan fingerprint density at radius 2 is 2.06 bits per heavy atom. The minimum atomic E-state index is -0.445. The van der Waals surface area contributed by atoms with E-state index in [4.69, 9.17) is 4.74 Å². The predicted octanol–water partition coefficient (Wildman–Crippen LogP) is 3.49. The van der Waals surface area contributed by atoms with Crippen molar-refractivity contribution in [3.05, 3.63) is 35.4 Å². The number of methoxy groups -OCH3 is 1. The third-order valence-corrected chi connectivity index (χ3v) is 6.71. The zero-order chi connectivity index (χ0) is 23.8. The zero-order valence-corrected chi connectivity index (χ0v) is 20.4. The van der Waals surface area contributed by atoms with Gasteiger partial charge in [-0.05, 0) is 44.4 Å². The van der Waals surface area contributed by atoms with Crippen LogP contribution in [0.15, 0.2) is 23.4 Å². The van der Waals surface area contributed by atoms with Crippen molar-refractivity contribution in [3.63, 3.8) is 0 Å². The van der Waals surface area contributed by atoms with Crippen LogP contribution in [-0.4, -0.2) is 62.3 Å². The lowest BCUT2D eigenvalue weighted by Crippen LogP contribution is -2.32. The maximum Gasteiger partial charge on any atom is 0.233 e. The minimum Gasteiger partial charge on any atom is -0.494 e. The number of halogens is 1. The van der Waals surface area contributed by atoms with Crippen LogP contribution < -0.4 is 4.74 Å². The molecular formula is C23H32FN5O3S. The number of hydrogen-bond acceptors (Lipinski definition) is 6. The number of carbonyl (C=O) groups excluding carboxylic acids is 2. The Bertz CT molecular complexity index is 968. The van der Waals surface area contributed by atoms with Gasteiger partial charge in [0.1, 0.15) is 0 Å². The molecule has 0 aliphatic carbocycles. The van der Waals surface area contributed by atoms with Crippen LogP contribution in [0.5, 0.6) is 5.75 Å². The summed E-state index contributed by atoms with van der Waals surface area (Å²) in [5, 5.41) is 9.24. The fourth-order valence-corrected chi connectivity index (χ4v) is 4.78. The van der Waals surface area contributed by atoms with E-state index < -0.39 is 5.82 Å². The van der Waals surface area contributed by atoms with Gasteiger partial charge in [-0.3, -0.25) is 9.59 Å². The molecule has 33 heavy (non-hydrogen) atoms. The van der Waals surface area contributed by atoms with E-state index in [1.165, 1.54) is 24.9 Å². The van der Waals surface area contributed by atoms with Crippen molar-refractivity contribution in [2.45, 2.75) is 64.3 Å². The summed E-state index contributed by atoms with van der Waals surface area (Å²) in [5.74, 6) is 0.779. The van der Waals surface area contributed by atoms with E-state index in [0.29, 0.717) is 43.3 Å². The number of amides is 2. The van der Waals surface area contributed by atoms with Crippen LogP contribution >= 0.6 is 11.8 Å². The van der Waals surface area contributed by atoms with Gasteiger partial charge in [-0.2, -0.15) is 0 Å². The number of thioether (sulfide) groups is 1. The summed E-state index contributed by atoms with van der Waals surface area (Å²) < 4.78 is 20.9. The maximum absolute atomic E-state index is 14.0. The molecule has 0 N–H and O–H groups in total. The van der Waals surface area contributed by atoms with Gasteiger partial charge in [-0.15, -0.1) is 10.2 Å². The van der Waals surface area contributed by atoms with Gasteiger partial charge in [-0.1, -0.05) is 24.2 Å². The second kappa shape index (κ2) is 12.0. The monoisotopic (exact) mass is 477 g/mol. The van der Waals surface area contributed by atoms with Gasteiger partial charge in [0.2, 0.25) is 11.8 Å². The van der Waals surface area contributed by atoms with E-state index in [1.54, 1.807) is 17.0 Å². The van der Waals surface area contributed by atoms with Gasteiger partial charge in [-0.25, -0.2) is 4.39 Å². The second-order valence-corrected chi connectivity index (χ2v) is 8.88. The molecule has 8 nitrogen and oxygen atoms in total. The minimum absolute atomic E-state index is 0.0615. The van der Waals surface area contributed by atoms with E-state index in [-0.39, 0.29) is 23.3 Å². The highest BCUT2D eigenvalue weighted by Gasteiger charge is 2.21. The Morgan fingerprint density at radius 3 is 2.76 bits per heavy atom. The molecule has 0 radical (unpaired) electrons. The third-order valence-electron chi connectivity index (χ3n) is 5.76. The molecule has 0 saturated carbocycles. The summed E-state index contributed by atoms with van der Waals surface area (Å²) in [6, 6.07) is 4.72. The molecule has 0 spiro atoms. The van der Waals surface area contributed by atoms with Gasteiger partial charge in [0.25, 0.3) is 0 Å². The number of carbonyl (C=O) groups is 2. The largest absolute Gasteiger partial charge is 0.494 e. The molecule has 0 bridgehead atoms. The molecule has 1 aromatic carbocycles. The predicted molar refractivity (Wildman–Crippen MR) is 124 cm³/mol. The molecule has 0 unspecified atom stereocenters. The van der Waals surface area contributed by atoms with Crippen molar-refractivity contribution >= 4 is 23.6 Å². The average Bonchev–Trinajstić information content (AvgIpc) is 3.09. The summed E-state index contributed by atoms with van der Waals surface area (Å²) in [6.07, 6.45) is 3.60. The van der Waals surface area contributed by atoms with Gasteiger partial charge < -0.3 is 19.1 Å². The topological polar surface area (TPSA) is 80.6 Å². The lowest BCUT2D eigenvalue weighted by molar-refractivity contribution is -0.131. The molecule has 10 heteroatoms. The Kier molecular flexibility index (Phi) is 9.11. The van der Waals surface area contributed by atoms with Gasteiger partial charge in [0.05, 0.1) is 19.4 Å². The third kappa shape index (κ3) is 6.46. The number of hydrogen-bond donors (Lipinski definition) is 0. The molecule has 2 heterocycles. The number of ether oxygens (including phenoxy) is 1. The number of nitrogens with zero attached hydrogens (tertiary/aromatic N) is 5. The molecule has 1 saturated heterocycles. The van der Waals surface area contributed by atoms with Crippen LogP contribution in [0.1, 0.15) is 50.9 Å². The first kappa shape index (κ1) is 25.0. The van der Waals surface area contributed by atoms with E-state index in [2.05, 4.69) is 10.2 Å². The van der Waals surface area contributed by atoms with Crippen LogP contribution in [-0.2, 0) is 29.2 Å². The van der Waals surface area contributed by atoms with Crippen LogP contribution in [0.25, 0.3) is 0 Å². The highest BCUT2D eigenvalue weighted by atomic mass is 32.2. The quantitative estimate of drug-likeness (QED) is 0.488. The van der Waals surface area contributed by atoms with E-state index in [9.17, 15) is 14.0 Å². The molecule has 2 amide bonds. The normalized spacial score (nSPS) is 14.3. The molecular weight excluding hydrogens is 445 g/mol. The lowest BCUT2D eigenvalue weighted by Gasteiger charge is -2.21. The van der Waals surface area contributed by atoms with Crippen molar-refractivity contribution in [2.24, 2.45) is 0 Å². The molecule has 180 valence electrons. The highest BCUT2D eigenvalue weighted by molar-refractivity contribution is 7.99. The Labute approximate surface area is 198 Å². The molecule has 1 fully saturated rings. The Hall–Kier alpha value is -2.62. The summed E-state index contributed by atoms with van der Waals surface area (Å²) >= 11 is 1.33. The van der Waals surface area contributed by atoms with Crippen molar-refractivity contribution in [2.75, 3.05) is 26.0 Å². The zero-order valence-electron chi connectivity index (χ0n) is 19.6. The van der Waals surface area contributed by atoms with Crippen LogP contribution in [0.3, 0.4) is 0 Å². The number of benzene rings is 1. The number of likely N-dealkylation sites (tertiary alicyclic amines) is 1. The lowest BCUT2D eigenvalue weighted by atomic mass is 10.2. The van der Waals surface area contributed by atoms with Crippen molar-refractivity contribution in [1.29, 1.82) is 0 Å². The smallest absolute Gasteiger partial charge is 0.233 e. The molecule has 0 atom stereocenters. The first-order chi connectivity index (χ1) is 16.0.